The summed E-state index contributed by atoms with van der Waals surface area (Å²) in [6.07, 6.45) is 6.56. The maximum atomic E-state index is 13.0. The van der Waals surface area contributed by atoms with Crippen molar-refractivity contribution in [3.05, 3.63) is 54.4 Å². The molecule has 0 aliphatic heterocycles. The number of hydrogen-bond acceptors (Lipinski definition) is 5. The molecule has 1 atom stereocenters. The number of carbonyl (C=O) groups excluding carboxylic acids is 1. The van der Waals surface area contributed by atoms with Crippen LogP contribution in [0.3, 0.4) is 0 Å². The molecule has 0 spiro atoms. The molecule has 1 aromatic carbocycles. The number of amides is 1. The Kier molecular flexibility index (Phi) is 6.51. The summed E-state index contributed by atoms with van der Waals surface area (Å²) in [4.78, 5) is 16.3. The van der Waals surface area contributed by atoms with Crippen molar-refractivity contribution in [2.45, 2.75) is 30.9 Å². The highest BCUT2D eigenvalue weighted by atomic mass is 32.2. The summed E-state index contributed by atoms with van der Waals surface area (Å²) < 4.78 is 33.6. The zero-order chi connectivity index (χ0) is 20.0. The quantitative estimate of drug-likeness (QED) is 0.636. The number of carbonyl (C=O) groups is 1. The van der Waals surface area contributed by atoms with Gasteiger partial charge in [-0.1, -0.05) is 31.0 Å². The van der Waals surface area contributed by atoms with Crippen LogP contribution in [0.1, 0.15) is 36.0 Å². The van der Waals surface area contributed by atoms with E-state index >= 15 is 0 Å². The minimum atomic E-state index is -3.71. The van der Waals surface area contributed by atoms with Crippen LogP contribution in [-0.2, 0) is 10.0 Å². The average Bonchev–Trinajstić information content (AvgIpc) is 3.52. The lowest BCUT2D eigenvalue weighted by Gasteiger charge is -2.19. The SMILES string of the molecule is COc1cncc(NS(=O)(=O)C(CCC2CC2)CNC(=O)c2ccccc2)c1. The number of methoxy groups -OCH3 is 1. The van der Waals surface area contributed by atoms with Crippen molar-refractivity contribution in [2.24, 2.45) is 5.92 Å². The third kappa shape index (κ3) is 5.69. The van der Waals surface area contributed by atoms with E-state index in [2.05, 4.69) is 15.0 Å². The van der Waals surface area contributed by atoms with Gasteiger partial charge < -0.3 is 10.1 Å². The topological polar surface area (TPSA) is 97.4 Å². The first-order chi connectivity index (χ1) is 13.5. The molecule has 7 nitrogen and oxygen atoms in total. The van der Waals surface area contributed by atoms with Gasteiger partial charge in [0.05, 0.1) is 30.4 Å². The van der Waals surface area contributed by atoms with Gasteiger partial charge in [0, 0.05) is 18.2 Å². The standard InChI is InChI=1S/C20H25N3O4S/c1-27-18-11-17(12-21-13-18)23-28(25,26)19(10-9-15-7-8-15)14-22-20(24)16-5-3-2-4-6-16/h2-6,11-13,15,19,23H,7-10,14H2,1H3,(H,22,24). The Morgan fingerprint density at radius 2 is 2.00 bits per heavy atom. The van der Waals surface area contributed by atoms with Crippen molar-refractivity contribution in [2.75, 3.05) is 18.4 Å². The highest BCUT2D eigenvalue weighted by Gasteiger charge is 2.30. The molecule has 0 radical (unpaired) electrons. The van der Waals surface area contributed by atoms with Crippen molar-refractivity contribution in [3.63, 3.8) is 0 Å². The van der Waals surface area contributed by atoms with E-state index < -0.39 is 15.3 Å². The van der Waals surface area contributed by atoms with Gasteiger partial charge in [-0.3, -0.25) is 14.5 Å². The lowest BCUT2D eigenvalue weighted by Crippen LogP contribution is -2.39. The largest absolute Gasteiger partial charge is 0.495 e. The molecule has 8 heteroatoms. The predicted octanol–water partition coefficient (Wildman–Crippen LogP) is 2.82. The van der Waals surface area contributed by atoms with Crippen LogP contribution in [0.4, 0.5) is 5.69 Å². The number of nitrogens with zero attached hydrogens (tertiary/aromatic N) is 1. The molecule has 1 aliphatic carbocycles. The normalized spacial score (nSPS) is 14.9. The number of nitrogens with one attached hydrogen (secondary N) is 2. The van der Waals surface area contributed by atoms with Crippen LogP contribution in [0, 0.1) is 5.92 Å². The Morgan fingerprint density at radius 1 is 1.25 bits per heavy atom. The van der Waals surface area contributed by atoms with Crippen LogP contribution >= 0.6 is 0 Å². The van der Waals surface area contributed by atoms with Crippen molar-refractivity contribution in [1.82, 2.24) is 10.3 Å². The van der Waals surface area contributed by atoms with E-state index in [9.17, 15) is 13.2 Å². The lowest BCUT2D eigenvalue weighted by molar-refractivity contribution is 0.0953. The number of hydrogen-bond donors (Lipinski definition) is 2. The maximum Gasteiger partial charge on any atom is 0.251 e. The smallest absolute Gasteiger partial charge is 0.251 e. The summed E-state index contributed by atoms with van der Waals surface area (Å²) in [5.74, 6) is 0.781. The van der Waals surface area contributed by atoms with Crippen molar-refractivity contribution < 1.29 is 17.9 Å². The first kappa shape index (κ1) is 20.1. The van der Waals surface area contributed by atoms with Crippen molar-refractivity contribution in [3.8, 4) is 5.75 Å². The molecule has 1 fully saturated rings. The third-order valence-electron chi connectivity index (χ3n) is 4.77. The highest BCUT2D eigenvalue weighted by Crippen LogP contribution is 2.34. The fourth-order valence-corrected chi connectivity index (χ4v) is 4.28. The number of rotatable bonds is 10. The number of sulfonamides is 1. The van der Waals surface area contributed by atoms with Gasteiger partial charge in [0.25, 0.3) is 5.91 Å². The number of benzene rings is 1. The Hall–Kier alpha value is -2.61. The Balaban J connectivity index is 1.68. The van der Waals surface area contributed by atoms with Gasteiger partial charge in [0.1, 0.15) is 5.75 Å². The van der Waals surface area contributed by atoms with E-state index in [0.717, 1.165) is 19.3 Å². The molecule has 1 amide bonds. The van der Waals surface area contributed by atoms with Gasteiger partial charge in [-0.2, -0.15) is 0 Å². The average molecular weight is 404 g/mol. The molecule has 2 aromatic rings. The second kappa shape index (κ2) is 9.05. The number of ether oxygens (including phenoxy) is 1. The summed E-state index contributed by atoms with van der Waals surface area (Å²) in [5, 5.41) is 2.03. The zero-order valence-corrected chi connectivity index (χ0v) is 16.6. The molecule has 1 aromatic heterocycles. The van der Waals surface area contributed by atoms with Gasteiger partial charge >= 0.3 is 0 Å². The monoisotopic (exact) mass is 403 g/mol. The molecule has 1 aliphatic rings. The lowest BCUT2D eigenvalue weighted by atomic mass is 10.1. The predicted molar refractivity (Wildman–Crippen MR) is 108 cm³/mol. The molecule has 1 heterocycles. The van der Waals surface area contributed by atoms with Crippen LogP contribution in [-0.4, -0.2) is 38.2 Å². The summed E-state index contributed by atoms with van der Waals surface area (Å²) in [7, 11) is -2.21. The summed E-state index contributed by atoms with van der Waals surface area (Å²) >= 11 is 0. The molecule has 28 heavy (non-hydrogen) atoms. The molecule has 0 bridgehead atoms. The minimum absolute atomic E-state index is 0.0488. The Bertz CT molecular complexity index is 899. The van der Waals surface area contributed by atoms with Gasteiger partial charge in [0.2, 0.25) is 10.0 Å². The Labute approximate surface area is 165 Å². The highest BCUT2D eigenvalue weighted by molar-refractivity contribution is 7.93. The number of anilines is 1. The summed E-state index contributed by atoms with van der Waals surface area (Å²) in [6, 6.07) is 10.3. The van der Waals surface area contributed by atoms with Crippen LogP contribution in [0.5, 0.6) is 5.75 Å². The molecular formula is C20H25N3O4S. The van der Waals surface area contributed by atoms with E-state index in [1.165, 1.54) is 19.5 Å². The van der Waals surface area contributed by atoms with Crippen LogP contribution in [0.25, 0.3) is 0 Å². The molecular weight excluding hydrogens is 378 g/mol. The van der Waals surface area contributed by atoms with Crippen LogP contribution < -0.4 is 14.8 Å². The first-order valence-corrected chi connectivity index (χ1v) is 10.9. The second-order valence-corrected chi connectivity index (χ2v) is 8.94. The Morgan fingerprint density at radius 3 is 2.68 bits per heavy atom. The van der Waals surface area contributed by atoms with E-state index in [1.54, 1.807) is 30.3 Å². The second-order valence-electron chi connectivity index (χ2n) is 6.98. The fourth-order valence-electron chi connectivity index (χ4n) is 2.93. The van der Waals surface area contributed by atoms with Gasteiger partial charge in [-0.05, 0) is 30.9 Å². The maximum absolute atomic E-state index is 13.0. The van der Waals surface area contributed by atoms with E-state index in [4.69, 9.17) is 4.74 Å². The summed E-state index contributed by atoms with van der Waals surface area (Å²) in [5.41, 5.74) is 0.843. The van der Waals surface area contributed by atoms with Crippen molar-refractivity contribution in [1.29, 1.82) is 0 Å². The van der Waals surface area contributed by atoms with E-state index in [0.29, 0.717) is 29.3 Å². The van der Waals surface area contributed by atoms with Gasteiger partial charge in [-0.25, -0.2) is 8.42 Å². The molecule has 1 unspecified atom stereocenters. The molecule has 1 saturated carbocycles. The van der Waals surface area contributed by atoms with Crippen LogP contribution in [0.2, 0.25) is 0 Å². The molecule has 150 valence electrons. The first-order valence-electron chi connectivity index (χ1n) is 9.32. The van der Waals surface area contributed by atoms with Gasteiger partial charge in [-0.15, -0.1) is 0 Å². The van der Waals surface area contributed by atoms with Crippen molar-refractivity contribution >= 4 is 21.6 Å². The number of aromatic nitrogens is 1. The zero-order valence-electron chi connectivity index (χ0n) is 15.8. The fraction of sp³-hybridized carbons (Fsp3) is 0.400. The van der Waals surface area contributed by atoms with E-state index in [-0.39, 0.29) is 12.5 Å². The summed E-state index contributed by atoms with van der Waals surface area (Å²) in [6.45, 7) is 0.0488. The number of pyridine rings is 1. The van der Waals surface area contributed by atoms with E-state index in [1.807, 2.05) is 6.07 Å². The minimum Gasteiger partial charge on any atom is -0.495 e. The van der Waals surface area contributed by atoms with Gasteiger partial charge in [0.15, 0.2) is 0 Å². The third-order valence-corrected chi connectivity index (χ3v) is 6.57. The molecule has 0 saturated heterocycles. The molecule has 3 rings (SSSR count). The molecule has 2 N–H and O–H groups in total. The van der Waals surface area contributed by atoms with Crippen LogP contribution in [0.15, 0.2) is 48.8 Å².